The number of rotatable bonds is 0. The lowest BCUT2D eigenvalue weighted by atomic mass is 9.95. The fourth-order valence-corrected chi connectivity index (χ4v) is 0.663. The number of hydrogen-bond acceptors (Lipinski definition) is 2. The molecular weight excluding hydrogens is 234 g/mol. The van der Waals surface area contributed by atoms with Crippen molar-refractivity contribution in [2.24, 2.45) is 0 Å². The molecule has 2 aliphatic rings. The third-order valence-electron chi connectivity index (χ3n) is 1.51. The molecule has 72 valence electrons. The first-order valence-electron chi connectivity index (χ1n) is 3.44. The van der Waals surface area contributed by atoms with Crippen LogP contribution in [-0.4, -0.2) is 20.3 Å². The van der Waals surface area contributed by atoms with Crippen molar-refractivity contribution in [3.8, 4) is 11.1 Å². The van der Waals surface area contributed by atoms with Gasteiger partial charge in [-0.1, -0.05) is 59.1 Å². The molecule has 2 N–H and O–H groups in total. The first-order chi connectivity index (χ1) is 5.91. The van der Waals surface area contributed by atoms with Gasteiger partial charge in [-0.25, -0.2) is 0 Å². The molecule has 2 nitrogen and oxygen atoms in total. The highest BCUT2D eigenvalue weighted by Gasteiger charge is 2.28. The van der Waals surface area contributed by atoms with Gasteiger partial charge in [-0.15, -0.1) is 0 Å². The van der Waals surface area contributed by atoms with Crippen molar-refractivity contribution in [3.63, 3.8) is 0 Å². The molecule has 0 atom stereocenters. The maximum Gasteiger partial charge on any atom is 0.240 e. The molecular formula is C8H7Cl3O2. The number of halogens is 3. The summed E-state index contributed by atoms with van der Waals surface area (Å²) in [5.74, 6) is 0. The van der Waals surface area contributed by atoms with Gasteiger partial charge in [0.25, 0.3) is 0 Å². The highest BCUT2D eigenvalue weighted by molar-refractivity contribution is 6.67. The standard InChI is InChI=1S/C6H4.C2H3Cl3O2/c1-2-6-4-3-5(1)6;3-2(4,5)1(6)7/h1-4H;1,6-7H. The van der Waals surface area contributed by atoms with Gasteiger partial charge in [0.2, 0.25) is 3.79 Å². The van der Waals surface area contributed by atoms with Crippen LogP contribution in [0.2, 0.25) is 0 Å². The molecule has 5 heteroatoms. The molecule has 0 amide bonds. The summed E-state index contributed by atoms with van der Waals surface area (Å²) in [5, 5.41) is 16.1. The van der Waals surface area contributed by atoms with E-state index in [1.807, 2.05) is 0 Å². The van der Waals surface area contributed by atoms with Crippen LogP contribution in [0.25, 0.3) is 11.1 Å². The summed E-state index contributed by atoms with van der Waals surface area (Å²) >= 11 is 14.7. The van der Waals surface area contributed by atoms with E-state index in [0.717, 1.165) is 0 Å². The van der Waals surface area contributed by atoms with Crippen molar-refractivity contribution in [1.29, 1.82) is 0 Å². The van der Waals surface area contributed by atoms with Gasteiger partial charge in [0, 0.05) is 0 Å². The van der Waals surface area contributed by atoms with E-state index in [1.54, 1.807) is 0 Å². The number of aliphatic hydroxyl groups excluding tert-OH is 1. The topological polar surface area (TPSA) is 40.5 Å². The molecule has 2 aliphatic carbocycles. The van der Waals surface area contributed by atoms with Gasteiger partial charge in [0.1, 0.15) is 0 Å². The molecule has 13 heavy (non-hydrogen) atoms. The zero-order valence-corrected chi connectivity index (χ0v) is 8.68. The Labute approximate surface area is 90.7 Å². The van der Waals surface area contributed by atoms with E-state index in [4.69, 9.17) is 45.0 Å². The lowest BCUT2D eigenvalue weighted by Crippen LogP contribution is -2.23. The van der Waals surface area contributed by atoms with Gasteiger partial charge in [0.15, 0.2) is 6.29 Å². The minimum atomic E-state index is -1.97. The van der Waals surface area contributed by atoms with E-state index in [0.29, 0.717) is 0 Å². The van der Waals surface area contributed by atoms with E-state index < -0.39 is 10.1 Å². The second kappa shape index (κ2) is 4.03. The van der Waals surface area contributed by atoms with Crippen LogP contribution in [0.4, 0.5) is 0 Å². The van der Waals surface area contributed by atoms with Crippen LogP contribution < -0.4 is 0 Å². The molecule has 0 saturated heterocycles. The van der Waals surface area contributed by atoms with Crippen LogP contribution in [0.3, 0.4) is 0 Å². The van der Waals surface area contributed by atoms with E-state index in [2.05, 4.69) is 24.3 Å². The number of benzene rings is 1. The van der Waals surface area contributed by atoms with Gasteiger partial charge in [-0.2, -0.15) is 0 Å². The molecule has 0 fully saturated rings. The maximum absolute atomic E-state index is 8.05. The summed E-state index contributed by atoms with van der Waals surface area (Å²) in [5.41, 5.74) is 2.85. The van der Waals surface area contributed by atoms with E-state index in [9.17, 15) is 0 Å². The Hall–Kier alpha value is 0.01000. The maximum atomic E-state index is 8.05. The molecule has 0 radical (unpaired) electrons. The largest absolute Gasteiger partial charge is 0.365 e. The average Bonchev–Trinajstić information content (AvgIpc) is 1.96. The molecule has 0 saturated carbocycles. The van der Waals surface area contributed by atoms with Gasteiger partial charge in [-0.3, -0.25) is 0 Å². The van der Waals surface area contributed by atoms with E-state index >= 15 is 0 Å². The Morgan fingerprint density at radius 3 is 1.15 bits per heavy atom. The van der Waals surface area contributed by atoms with E-state index in [-0.39, 0.29) is 0 Å². The minimum Gasteiger partial charge on any atom is -0.365 e. The smallest absolute Gasteiger partial charge is 0.240 e. The molecule has 0 aliphatic heterocycles. The fraction of sp³-hybridized carbons (Fsp3) is 0.250. The summed E-state index contributed by atoms with van der Waals surface area (Å²) in [6.45, 7) is 0. The van der Waals surface area contributed by atoms with Crippen molar-refractivity contribution in [1.82, 2.24) is 0 Å². The van der Waals surface area contributed by atoms with E-state index in [1.165, 1.54) is 11.1 Å². The predicted molar refractivity (Wildman–Crippen MR) is 54.0 cm³/mol. The molecule has 0 bridgehead atoms. The average molecular weight is 242 g/mol. The molecule has 0 aromatic rings. The fourth-order valence-electron chi connectivity index (χ4n) is 0.663. The molecule has 0 heterocycles. The molecule has 0 aromatic heterocycles. The lowest BCUT2D eigenvalue weighted by Gasteiger charge is -2.10. The van der Waals surface area contributed by atoms with Crippen LogP contribution in [0.1, 0.15) is 0 Å². The molecule has 0 unspecified atom stereocenters. The van der Waals surface area contributed by atoms with Crippen LogP contribution in [-0.2, 0) is 0 Å². The zero-order valence-electron chi connectivity index (χ0n) is 6.42. The molecule has 0 spiro atoms. The lowest BCUT2D eigenvalue weighted by molar-refractivity contribution is -0.0355. The highest BCUT2D eigenvalue weighted by atomic mass is 35.6. The third-order valence-corrected chi connectivity index (χ3v) is 2.10. The Balaban J connectivity index is 0.000000130. The van der Waals surface area contributed by atoms with Crippen LogP contribution in [0, 0.1) is 0 Å². The number of aliphatic hydroxyl groups is 2. The second-order valence-corrected chi connectivity index (χ2v) is 4.86. The van der Waals surface area contributed by atoms with Crippen molar-refractivity contribution < 1.29 is 10.2 Å². The Kier molecular flexibility index (Phi) is 3.44. The number of hydrogen-bond donors (Lipinski definition) is 2. The minimum absolute atomic E-state index is 1.43. The second-order valence-electron chi connectivity index (χ2n) is 2.49. The zero-order chi connectivity index (χ0) is 10.1. The summed E-state index contributed by atoms with van der Waals surface area (Å²) in [6, 6.07) is 8.48. The predicted octanol–water partition coefficient (Wildman–Crippen LogP) is 2.33. The van der Waals surface area contributed by atoms with Crippen molar-refractivity contribution in [2.45, 2.75) is 10.1 Å². The van der Waals surface area contributed by atoms with Gasteiger partial charge < -0.3 is 10.2 Å². The van der Waals surface area contributed by atoms with Crippen molar-refractivity contribution >= 4 is 34.8 Å². The van der Waals surface area contributed by atoms with Gasteiger partial charge in [0.05, 0.1) is 0 Å². The first kappa shape index (κ1) is 11.1. The normalized spacial score (nSPS) is 12.2. The van der Waals surface area contributed by atoms with Crippen LogP contribution >= 0.6 is 34.8 Å². The Morgan fingerprint density at radius 1 is 0.923 bits per heavy atom. The molecule has 2 rings (SSSR count). The summed E-state index contributed by atoms with van der Waals surface area (Å²) < 4.78 is -1.97. The van der Waals surface area contributed by atoms with Crippen molar-refractivity contribution in [3.05, 3.63) is 24.3 Å². The number of alkyl halides is 3. The van der Waals surface area contributed by atoms with Gasteiger partial charge >= 0.3 is 0 Å². The summed E-state index contributed by atoms with van der Waals surface area (Å²) in [7, 11) is 0. The quantitative estimate of drug-likeness (QED) is 0.549. The van der Waals surface area contributed by atoms with Crippen molar-refractivity contribution in [2.75, 3.05) is 0 Å². The van der Waals surface area contributed by atoms with Crippen LogP contribution in [0.5, 0.6) is 0 Å². The summed E-state index contributed by atoms with van der Waals surface area (Å²) in [6.07, 6.45) is -1.91. The van der Waals surface area contributed by atoms with Gasteiger partial charge in [-0.05, 0) is 11.1 Å². The Morgan fingerprint density at radius 2 is 1.15 bits per heavy atom. The highest BCUT2D eigenvalue weighted by Crippen LogP contribution is 2.29. The first-order valence-corrected chi connectivity index (χ1v) is 4.58. The van der Waals surface area contributed by atoms with Crippen LogP contribution in [0.15, 0.2) is 24.3 Å². The Bertz CT molecular complexity index is 255. The SMILES string of the molecule is OC(O)C(Cl)(Cl)Cl.c1cc2ccc1-2. The third kappa shape index (κ3) is 3.01. The number of fused-ring (bicyclic) bond motifs is 1. The molecule has 0 aromatic carbocycles. The summed E-state index contributed by atoms with van der Waals surface area (Å²) in [4.78, 5) is 0. The monoisotopic (exact) mass is 240 g/mol.